The van der Waals surface area contributed by atoms with Crippen molar-refractivity contribution >= 4 is 11.9 Å². The van der Waals surface area contributed by atoms with Crippen molar-refractivity contribution in [1.82, 2.24) is 0 Å². The normalized spacial score (nSPS) is 11.0. The van der Waals surface area contributed by atoms with Crippen LogP contribution >= 0.6 is 0 Å². The molecule has 2 rings (SSSR count). The Bertz CT molecular complexity index is 831. The molecule has 0 unspecified atom stereocenters. The first kappa shape index (κ1) is 18.5. The third-order valence-corrected chi connectivity index (χ3v) is 3.37. The highest BCUT2D eigenvalue weighted by Gasteiger charge is 2.26. The molecule has 0 saturated heterocycles. The van der Waals surface area contributed by atoms with Crippen LogP contribution < -0.4 is 9.47 Å². The minimum atomic E-state index is -1.68. The first-order valence-corrected chi connectivity index (χ1v) is 7.17. The lowest BCUT2D eigenvalue weighted by molar-refractivity contribution is 0.101. The lowest BCUT2D eigenvalue weighted by atomic mass is 10.1. The van der Waals surface area contributed by atoms with Crippen LogP contribution in [0.1, 0.15) is 29.8 Å². The van der Waals surface area contributed by atoms with Gasteiger partial charge in [0.05, 0.1) is 12.7 Å². The van der Waals surface area contributed by atoms with E-state index in [2.05, 4.69) is 0 Å². The summed E-state index contributed by atoms with van der Waals surface area (Å²) in [6.45, 7) is 2.76. The summed E-state index contributed by atoms with van der Waals surface area (Å²) in [6, 6.07) is 3.83. The van der Waals surface area contributed by atoms with Crippen LogP contribution in [0.3, 0.4) is 0 Å². The van der Waals surface area contributed by atoms with Crippen molar-refractivity contribution in [2.45, 2.75) is 13.8 Å². The number of halogens is 4. The van der Waals surface area contributed by atoms with E-state index in [1.165, 1.54) is 45.2 Å². The van der Waals surface area contributed by atoms with Gasteiger partial charge >= 0.3 is 0 Å². The Morgan fingerprint density at radius 3 is 2.08 bits per heavy atom. The van der Waals surface area contributed by atoms with Crippen molar-refractivity contribution in [3.05, 3.63) is 58.7 Å². The minimum absolute atomic E-state index is 0.0233. The molecule has 0 aliphatic carbocycles. The predicted molar refractivity (Wildman–Crippen MR) is 84.1 cm³/mol. The minimum Gasteiger partial charge on any atom is -0.493 e. The van der Waals surface area contributed by atoms with E-state index in [0.717, 1.165) is 6.08 Å². The number of ether oxygens (including phenoxy) is 2. The maximum atomic E-state index is 14.1. The Morgan fingerprint density at radius 1 is 1.00 bits per heavy atom. The molecule has 0 saturated carbocycles. The summed E-state index contributed by atoms with van der Waals surface area (Å²) in [5.74, 6) is -8.24. The lowest BCUT2D eigenvalue weighted by Crippen LogP contribution is -2.04. The standard InChI is InChI=1S/C18H14F4O3/c1-4-5-11-14(19)16(21)18(17(22)15(11)20)25-12-7-6-10(9(2)23)8-13(12)24-3/h4-8H,1-3H3. The van der Waals surface area contributed by atoms with Gasteiger partial charge in [-0.2, -0.15) is 8.78 Å². The maximum Gasteiger partial charge on any atom is 0.205 e. The zero-order valence-corrected chi connectivity index (χ0v) is 13.6. The fourth-order valence-electron chi connectivity index (χ4n) is 2.11. The van der Waals surface area contributed by atoms with Crippen molar-refractivity contribution in [2.75, 3.05) is 7.11 Å². The van der Waals surface area contributed by atoms with Gasteiger partial charge in [0.2, 0.25) is 17.4 Å². The molecule has 0 bridgehead atoms. The molecule has 0 amide bonds. The van der Waals surface area contributed by atoms with Gasteiger partial charge in [-0.3, -0.25) is 4.79 Å². The van der Waals surface area contributed by atoms with Gasteiger partial charge in [0, 0.05) is 5.56 Å². The van der Waals surface area contributed by atoms with E-state index in [0.29, 0.717) is 0 Å². The summed E-state index contributed by atoms with van der Waals surface area (Å²) in [5.41, 5.74) is -0.574. The van der Waals surface area contributed by atoms with Crippen molar-refractivity contribution in [1.29, 1.82) is 0 Å². The largest absolute Gasteiger partial charge is 0.493 e. The zero-order chi connectivity index (χ0) is 18.7. The first-order chi connectivity index (χ1) is 11.8. The predicted octanol–water partition coefficient (Wildman–Crippen LogP) is 5.28. The van der Waals surface area contributed by atoms with E-state index in [1.807, 2.05) is 0 Å². The molecular weight excluding hydrogens is 340 g/mol. The molecule has 3 nitrogen and oxygen atoms in total. The average molecular weight is 354 g/mol. The van der Waals surface area contributed by atoms with Gasteiger partial charge in [0.15, 0.2) is 28.9 Å². The van der Waals surface area contributed by atoms with Crippen LogP contribution in [0.5, 0.6) is 17.2 Å². The van der Waals surface area contributed by atoms with Crippen LogP contribution in [-0.2, 0) is 0 Å². The Morgan fingerprint density at radius 2 is 1.60 bits per heavy atom. The number of carbonyl (C=O) groups is 1. The number of hydrogen-bond acceptors (Lipinski definition) is 3. The van der Waals surface area contributed by atoms with Crippen LogP contribution in [0.25, 0.3) is 6.08 Å². The number of Topliss-reactive ketones (excluding diaryl/α,β-unsaturated/α-hetero) is 1. The molecule has 0 radical (unpaired) electrons. The fraction of sp³-hybridized carbons (Fsp3) is 0.167. The van der Waals surface area contributed by atoms with Gasteiger partial charge in [-0.25, -0.2) is 8.78 Å². The number of carbonyl (C=O) groups excluding carboxylic acids is 1. The second kappa shape index (κ2) is 7.38. The molecule has 7 heteroatoms. The smallest absolute Gasteiger partial charge is 0.205 e. The van der Waals surface area contributed by atoms with E-state index in [1.54, 1.807) is 0 Å². The van der Waals surface area contributed by atoms with Gasteiger partial charge in [0.1, 0.15) is 0 Å². The molecule has 25 heavy (non-hydrogen) atoms. The number of rotatable bonds is 5. The Balaban J connectivity index is 2.56. The number of benzene rings is 2. The maximum absolute atomic E-state index is 14.1. The SMILES string of the molecule is CC=Cc1c(F)c(F)c(Oc2ccc(C(C)=O)cc2OC)c(F)c1F. The van der Waals surface area contributed by atoms with E-state index in [-0.39, 0.29) is 22.8 Å². The van der Waals surface area contributed by atoms with Crippen molar-refractivity contribution in [2.24, 2.45) is 0 Å². The number of methoxy groups -OCH3 is 1. The highest BCUT2D eigenvalue weighted by atomic mass is 19.2. The topological polar surface area (TPSA) is 35.5 Å². The van der Waals surface area contributed by atoms with Crippen LogP contribution in [0.15, 0.2) is 24.3 Å². The molecule has 0 aliphatic heterocycles. The van der Waals surface area contributed by atoms with Crippen LogP contribution in [0.2, 0.25) is 0 Å². The number of hydrogen-bond donors (Lipinski definition) is 0. The molecule has 0 fully saturated rings. The summed E-state index contributed by atoms with van der Waals surface area (Å²) in [4.78, 5) is 11.4. The zero-order valence-electron chi connectivity index (χ0n) is 13.6. The van der Waals surface area contributed by atoms with Crippen molar-refractivity contribution in [3.63, 3.8) is 0 Å². The average Bonchev–Trinajstić information content (AvgIpc) is 2.60. The highest BCUT2D eigenvalue weighted by molar-refractivity contribution is 5.94. The Labute approximate surface area is 141 Å². The number of allylic oxidation sites excluding steroid dienone is 1. The third-order valence-electron chi connectivity index (χ3n) is 3.37. The van der Waals surface area contributed by atoms with Gasteiger partial charge in [-0.15, -0.1) is 0 Å². The van der Waals surface area contributed by atoms with Gasteiger partial charge in [0.25, 0.3) is 0 Å². The second-order valence-electron chi connectivity index (χ2n) is 5.02. The third kappa shape index (κ3) is 3.50. The van der Waals surface area contributed by atoms with Gasteiger partial charge in [-0.05, 0) is 32.0 Å². The summed E-state index contributed by atoms with van der Waals surface area (Å²) in [7, 11) is 1.25. The summed E-state index contributed by atoms with van der Waals surface area (Å²) in [5, 5.41) is 0. The molecule has 132 valence electrons. The Kier molecular flexibility index (Phi) is 5.46. The van der Waals surface area contributed by atoms with E-state index in [4.69, 9.17) is 9.47 Å². The summed E-state index contributed by atoms with van der Waals surface area (Å²) < 4.78 is 66.1. The molecule has 0 aliphatic rings. The molecule has 0 aromatic heterocycles. The first-order valence-electron chi connectivity index (χ1n) is 7.17. The van der Waals surface area contributed by atoms with Gasteiger partial charge < -0.3 is 9.47 Å². The summed E-state index contributed by atoms with van der Waals surface area (Å²) >= 11 is 0. The summed E-state index contributed by atoms with van der Waals surface area (Å²) in [6.07, 6.45) is 2.15. The molecule has 0 spiro atoms. The van der Waals surface area contributed by atoms with E-state index >= 15 is 0 Å². The molecule has 0 atom stereocenters. The molecule has 0 heterocycles. The van der Waals surface area contributed by atoms with E-state index < -0.39 is 34.6 Å². The van der Waals surface area contributed by atoms with Crippen molar-refractivity contribution in [3.8, 4) is 17.2 Å². The highest BCUT2D eigenvalue weighted by Crippen LogP contribution is 2.37. The van der Waals surface area contributed by atoms with Crippen molar-refractivity contribution < 1.29 is 31.8 Å². The van der Waals surface area contributed by atoms with E-state index in [9.17, 15) is 22.4 Å². The van der Waals surface area contributed by atoms with Crippen LogP contribution in [0, 0.1) is 23.3 Å². The molecule has 0 N–H and O–H groups in total. The van der Waals surface area contributed by atoms with Crippen LogP contribution in [0.4, 0.5) is 17.6 Å². The Hall–Kier alpha value is -2.83. The molecular formula is C18H14F4O3. The quantitative estimate of drug-likeness (QED) is 0.416. The molecule has 2 aromatic carbocycles. The monoisotopic (exact) mass is 354 g/mol. The second-order valence-corrected chi connectivity index (χ2v) is 5.02. The fourth-order valence-corrected chi connectivity index (χ4v) is 2.11. The lowest BCUT2D eigenvalue weighted by Gasteiger charge is -2.14. The van der Waals surface area contributed by atoms with Gasteiger partial charge in [-0.1, -0.05) is 12.2 Å². The molecule has 2 aromatic rings. The number of ketones is 1. The van der Waals surface area contributed by atoms with Crippen LogP contribution in [-0.4, -0.2) is 12.9 Å².